The summed E-state index contributed by atoms with van der Waals surface area (Å²) in [6.07, 6.45) is 1.76. The summed E-state index contributed by atoms with van der Waals surface area (Å²) in [6, 6.07) is 18.7. The van der Waals surface area contributed by atoms with Crippen LogP contribution >= 0.6 is 0 Å². The van der Waals surface area contributed by atoms with Crippen molar-refractivity contribution in [3.8, 4) is 34.0 Å². The van der Waals surface area contributed by atoms with E-state index in [4.69, 9.17) is 9.84 Å². The summed E-state index contributed by atoms with van der Waals surface area (Å²) in [5.74, 6) is 1.000. The van der Waals surface area contributed by atoms with Gasteiger partial charge in [0.15, 0.2) is 5.65 Å². The Morgan fingerprint density at radius 2 is 1.79 bits per heavy atom. The fourth-order valence-corrected chi connectivity index (χ4v) is 2.67. The number of nitrogens with zero attached hydrogens (tertiary/aromatic N) is 3. The Balaban J connectivity index is 1.87. The molecule has 0 fully saturated rings. The Hall–Kier alpha value is -3.34. The third-order valence-corrected chi connectivity index (χ3v) is 3.87. The maximum Gasteiger partial charge on any atom is 0.154 e. The molecule has 0 radical (unpaired) electrons. The Morgan fingerprint density at radius 3 is 2.62 bits per heavy atom. The normalized spacial score (nSPS) is 10.9. The van der Waals surface area contributed by atoms with Gasteiger partial charge in [-0.1, -0.05) is 24.3 Å². The van der Waals surface area contributed by atoms with E-state index < -0.39 is 0 Å². The van der Waals surface area contributed by atoms with Crippen LogP contribution in [0.2, 0.25) is 0 Å². The molecule has 118 valence electrons. The molecule has 0 saturated heterocycles. The van der Waals surface area contributed by atoms with Crippen LogP contribution in [-0.4, -0.2) is 26.8 Å². The minimum Gasteiger partial charge on any atom is -0.508 e. The molecule has 0 amide bonds. The van der Waals surface area contributed by atoms with Crippen molar-refractivity contribution in [3.05, 3.63) is 66.9 Å². The lowest BCUT2D eigenvalue weighted by Crippen LogP contribution is -1.97. The van der Waals surface area contributed by atoms with Crippen molar-refractivity contribution in [2.45, 2.75) is 0 Å². The van der Waals surface area contributed by atoms with E-state index in [0.717, 1.165) is 33.9 Å². The lowest BCUT2D eigenvalue weighted by atomic mass is 10.1. The van der Waals surface area contributed by atoms with Crippen LogP contribution in [0.1, 0.15) is 0 Å². The number of benzene rings is 2. The van der Waals surface area contributed by atoms with Crippen molar-refractivity contribution < 1.29 is 9.84 Å². The molecule has 0 aliphatic rings. The maximum atomic E-state index is 9.71. The minimum atomic E-state index is 0.214. The molecular formula is C19H15N3O2. The Labute approximate surface area is 138 Å². The van der Waals surface area contributed by atoms with Crippen molar-refractivity contribution in [1.82, 2.24) is 14.6 Å². The molecule has 0 aliphatic heterocycles. The number of fused-ring (bicyclic) bond motifs is 1. The van der Waals surface area contributed by atoms with E-state index in [9.17, 15) is 5.11 Å². The highest BCUT2D eigenvalue weighted by Crippen LogP contribution is 2.26. The number of phenols is 1. The number of rotatable bonds is 3. The van der Waals surface area contributed by atoms with Gasteiger partial charge in [0.25, 0.3) is 0 Å². The van der Waals surface area contributed by atoms with Gasteiger partial charge in [-0.2, -0.15) is 5.10 Å². The lowest BCUT2D eigenvalue weighted by Gasteiger charge is -2.06. The first kappa shape index (κ1) is 14.3. The van der Waals surface area contributed by atoms with E-state index in [1.54, 1.807) is 36.0 Å². The van der Waals surface area contributed by atoms with Gasteiger partial charge in [-0.05, 0) is 36.4 Å². The van der Waals surface area contributed by atoms with Crippen LogP contribution in [0.5, 0.6) is 11.5 Å². The molecule has 4 rings (SSSR count). The highest BCUT2D eigenvalue weighted by molar-refractivity contribution is 5.67. The van der Waals surface area contributed by atoms with Crippen LogP contribution in [0, 0.1) is 0 Å². The Bertz CT molecular complexity index is 1020. The highest BCUT2D eigenvalue weighted by atomic mass is 16.5. The molecule has 0 unspecified atom stereocenters. The monoisotopic (exact) mass is 317 g/mol. The number of aromatic nitrogens is 3. The van der Waals surface area contributed by atoms with E-state index >= 15 is 0 Å². The minimum absolute atomic E-state index is 0.214. The molecule has 24 heavy (non-hydrogen) atoms. The summed E-state index contributed by atoms with van der Waals surface area (Å²) in [5.41, 5.74) is 4.22. The van der Waals surface area contributed by atoms with E-state index in [2.05, 4.69) is 4.98 Å². The van der Waals surface area contributed by atoms with Crippen molar-refractivity contribution >= 4 is 5.65 Å². The third kappa shape index (κ3) is 2.46. The van der Waals surface area contributed by atoms with E-state index in [0.29, 0.717) is 0 Å². The SMILES string of the molecule is COc1cccc(-c2ccc3ncc(-c4cccc(O)c4)n3n2)c1. The first-order chi connectivity index (χ1) is 11.7. The predicted molar refractivity (Wildman–Crippen MR) is 92.1 cm³/mol. The van der Waals surface area contributed by atoms with Crippen LogP contribution in [0.4, 0.5) is 0 Å². The number of hydrogen-bond acceptors (Lipinski definition) is 4. The molecule has 2 heterocycles. The van der Waals surface area contributed by atoms with E-state index in [1.165, 1.54) is 0 Å². The van der Waals surface area contributed by atoms with Crippen LogP contribution in [0.15, 0.2) is 66.9 Å². The fourth-order valence-electron chi connectivity index (χ4n) is 2.67. The zero-order valence-corrected chi connectivity index (χ0v) is 13.0. The summed E-state index contributed by atoms with van der Waals surface area (Å²) in [6.45, 7) is 0. The molecule has 2 aromatic heterocycles. The number of phenolic OH excluding ortho intramolecular Hbond substituents is 1. The standard InChI is InChI=1S/C19H15N3O2/c1-24-16-7-3-4-13(11-16)17-8-9-19-20-12-18(22(19)21-17)14-5-2-6-15(23)10-14/h2-12,23H,1H3. The Morgan fingerprint density at radius 1 is 0.958 bits per heavy atom. The molecule has 2 aromatic carbocycles. The average Bonchev–Trinajstić information content (AvgIpc) is 3.05. The molecule has 0 aliphatic carbocycles. The number of aromatic hydroxyl groups is 1. The van der Waals surface area contributed by atoms with Crippen LogP contribution in [0.25, 0.3) is 28.2 Å². The van der Waals surface area contributed by atoms with Gasteiger partial charge in [-0.15, -0.1) is 0 Å². The molecule has 1 N–H and O–H groups in total. The van der Waals surface area contributed by atoms with Gasteiger partial charge >= 0.3 is 0 Å². The summed E-state index contributed by atoms with van der Waals surface area (Å²) >= 11 is 0. The zero-order valence-electron chi connectivity index (χ0n) is 13.0. The second kappa shape index (κ2) is 5.70. The second-order valence-corrected chi connectivity index (χ2v) is 5.41. The topological polar surface area (TPSA) is 59.7 Å². The second-order valence-electron chi connectivity index (χ2n) is 5.41. The zero-order chi connectivity index (χ0) is 16.5. The summed E-state index contributed by atoms with van der Waals surface area (Å²) < 4.78 is 7.06. The van der Waals surface area contributed by atoms with Crippen molar-refractivity contribution in [3.63, 3.8) is 0 Å². The predicted octanol–water partition coefficient (Wildman–Crippen LogP) is 3.78. The molecule has 0 atom stereocenters. The first-order valence-electron chi connectivity index (χ1n) is 7.53. The van der Waals surface area contributed by atoms with Gasteiger partial charge in [0.1, 0.15) is 11.5 Å². The fraction of sp³-hybridized carbons (Fsp3) is 0.0526. The van der Waals surface area contributed by atoms with Crippen molar-refractivity contribution in [2.75, 3.05) is 7.11 Å². The third-order valence-electron chi connectivity index (χ3n) is 3.87. The quantitative estimate of drug-likeness (QED) is 0.625. The van der Waals surface area contributed by atoms with Gasteiger partial charge in [-0.25, -0.2) is 9.50 Å². The van der Waals surface area contributed by atoms with Crippen molar-refractivity contribution in [2.24, 2.45) is 0 Å². The summed E-state index contributed by atoms with van der Waals surface area (Å²) in [7, 11) is 1.64. The maximum absolute atomic E-state index is 9.71. The molecule has 0 bridgehead atoms. The van der Waals surface area contributed by atoms with Gasteiger partial charge in [-0.3, -0.25) is 0 Å². The summed E-state index contributed by atoms with van der Waals surface area (Å²) in [5, 5.41) is 14.4. The lowest BCUT2D eigenvalue weighted by molar-refractivity contribution is 0.415. The molecule has 4 aromatic rings. The first-order valence-corrected chi connectivity index (χ1v) is 7.53. The molecular weight excluding hydrogens is 302 g/mol. The van der Waals surface area contributed by atoms with Crippen molar-refractivity contribution in [1.29, 1.82) is 0 Å². The van der Waals surface area contributed by atoms with Crippen LogP contribution in [-0.2, 0) is 0 Å². The Kier molecular flexibility index (Phi) is 3.39. The molecule has 0 spiro atoms. The van der Waals surface area contributed by atoms with Crippen LogP contribution in [0.3, 0.4) is 0 Å². The summed E-state index contributed by atoms with van der Waals surface area (Å²) in [4.78, 5) is 4.39. The molecule has 5 heteroatoms. The molecule has 5 nitrogen and oxygen atoms in total. The number of imidazole rings is 1. The number of ether oxygens (including phenoxy) is 1. The number of methoxy groups -OCH3 is 1. The van der Waals surface area contributed by atoms with Gasteiger partial charge in [0.05, 0.1) is 24.7 Å². The van der Waals surface area contributed by atoms with Gasteiger partial charge in [0, 0.05) is 11.1 Å². The van der Waals surface area contributed by atoms with E-state index in [-0.39, 0.29) is 5.75 Å². The largest absolute Gasteiger partial charge is 0.508 e. The van der Waals surface area contributed by atoms with Crippen LogP contribution < -0.4 is 4.74 Å². The smallest absolute Gasteiger partial charge is 0.154 e. The van der Waals surface area contributed by atoms with Gasteiger partial charge in [0.2, 0.25) is 0 Å². The average molecular weight is 317 g/mol. The van der Waals surface area contributed by atoms with E-state index in [1.807, 2.05) is 42.5 Å². The number of hydrogen-bond donors (Lipinski definition) is 1. The highest BCUT2D eigenvalue weighted by Gasteiger charge is 2.10. The molecule has 0 saturated carbocycles. The van der Waals surface area contributed by atoms with Gasteiger partial charge < -0.3 is 9.84 Å².